The fourth-order valence-electron chi connectivity index (χ4n) is 9.28. The summed E-state index contributed by atoms with van der Waals surface area (Å²) in [7, 11) is 0. The van der Waals surface area contributed by atoms with Gasteiger partial charge in [0.05, 0.1) is 5.69 Å². The van der Waals surface area contributed by atoms with E-state index in [9.17, 15) is 0 Å². The zero-order valence-electron chi connectivity index (χ0n) is 34.8. The summed E-state index contributed by atoms with van der Waals surface area (Å²) in [6, 6.07) is 94.8. The van der Waals surface area contributed by atoms with E-state index in [4.69, 9.17) is 0 Å². The molecular formula is C62H43N. The van der Waals surface area contributed by atoms with Crippen molar-refractivity contribution in [2.45, 2.75) is 0 Å². The Kier molecular flexibility index (Phi) is 9.97. The molecule has 11 aromatic rings. The van der Waals surface area contributed by atoms with Crippen LogP contribution in [0.15, 0.2) is 261 Å². The van der Waals surface area contributed by atoms with Crippen LogP contribution in [-0.2, 0) is 0 Å². The normalized spacial score (nSPS) is 11.2. The maximum atomic E-state index is 2.44. The quantitative estimate of drug-likeness (QED) is 0.141. The molecule has 0 bridgehead atoms. The molecule has 1 nitrogen and oxygen atoms in total. The highest BCUT2D eigenvalue weighted by Gasteiger charge is 2.23. The number of anilines is 3. The third kappa shape index (κ3) is 7.26. The molecule has 0 aliphatic heterocycles. The second-order valence-electron chi connectivity index (χ2n) is 16.0. The van der Waals surface area contributed by atoms with Gasteiger partial charge < -0.3 is 4.90 Å². The van der Waals surface area contributed by atoms with Crippen molar-refractivity contribution in [2.24, 2.45) is 0 Å². The average molecular weight is 802 g/mol. The Hall–Kier alpha value is -8.26. The van der Waals surface area contributed by atoms with Crippen molar-refractivity contribution in [3.05, 3.63) is 261 Å². The van der Waals surface area contributed by atoms with Gasteiger partial charge in [-0.1, -0.05) is 224 Å². The number of hydrogen-bond donors (Lipinski definition) is 0. The summed E-state index contributed by atoms with van der Waals surface area (Å²) in [5.41, 5.74) is 17.5. The first-order chi connectivity index (χ1) is 31.3. The van der Waals surface area contributed by atoms with Crippen LogP contribution in [0.1, 0.15) is 0 Å². The Morgan fingerprint density at radius 3 is 1.51 bits per heavy atom. The van der Waals surface area contributed by atoms with Crippen LogP contribution in [0.3, 0.4) is 0 Å². The van der Waals surface area contributed by atoms with E-state index < -0.39 is 0 Å². The summed E-state index contributed by atoms with van der Waals surface area (Å²) >= 11 is 0. The van der Waals surface area contributed by atoms with Crippen LogP contribution in [0.4, 0.5) is 17.1 Å². The molecule has 0 fully saturated rings. The van der Waals surface area contributed by atoms with Crippen LogP contribution < -0.4 is 4.90 Å². The molecule has 0 aliphatic rings. The molecule has 0 saturated carbocycles. The second kappa shape index (κ2) is 16.7. The van der Waals surface area contributed by atoms with Gasteiger partial charge in [-0.05, 0) is 119 Å². The molecule has 0 unspecified atom stereocenters. The van der Waals surface area contributed by atoms with Gasteiger partial charge in [-0.3, -0.25) is 0 Å². The van der Waals surface area contributed by atoms with Crippen LogP contribution in [0, 0.1) is 0 Å². The number of hydrogen-bond acceptors (Lipinski definition) is 1. The first kappa shape index (κ1) is 37.7. The van der Waals surface area contributed by atoms with E-state index >= 15 is 0 Å². The second-order valence-corrected chi connectivity index (χ2v) is 16.0. The average Bonchev–Trinajstić information content (AvgIpc) is 3.37. The van der Waals surface area contributed by atoms with E-state index in [1.165, 1.54) is 77.2 Å². The van der Waals surface area contributed by atoms with Gasteiger partial charge in [0.2, 0.25) is 0 Å². The zero-order chi connectivity index (χ0) is 42.0. The molecule has 11 rings (SSSR count). The summed E-state index contributed by atoms with van der Waals surface area (Å²) in [6.45, 7) is 0. The molecule has 0 saturated heterocycles. The minimum Gasteiger partial charge on any atom is -0.310 e. The van der Waals surface area contributed by atoms with E-state index in [-0.39, 0.29) is 0 Å². The third-order valence-corrected chi connectivity index (χ3v) is 12.3. The van der Waals surface area contributed by atoms with Gasteiger partial charge in [-0.25, -0.2) is 0 Å². The lowest BCUT2D eigenvalue weighted by atomic mass is 9.84. The third-order valence-electron chi connectivity index (χ3n) is 12.3. The molecule has 0 aliphatic carbocycles. The number of benzene rings is 11. The van der Waals surface area contributed by atoms with Crippen LogP contribution >= 0.6 is 0 Å². The molecule has 0 heterocycles. The predicted octanol–water partition coefficient (Wildman–Crippen LogP) is 17.5. The van der Waals surface area contributed by atoms with Gasteiger partial charge in [0.15, 0.2) is 0 Å². The highest BCUT2D eigenvalue weighted by molar-refractivity contribution is 6.03. The van der Waals surface area contributed by atoms with E-state index in [0.717, 1.165) is 28.2 Å². The first-order valence-electron chi connectivity index (χ1n) is 21.7. The molecule has 11 aromatic carbocycles. The van der Waals surface area contributed by atoms with Gasteiger partial charge >= 0.3 is 0 Å². The predicted molar refractivity (Wildman–Crippen MR) is 269 cm³/mol. The molecule has 0 N–H and O–H groups in total. The zero-order valence-corrected chi connectivity index (χ0v) is 34.8. The van der Waals surface area contributed by atoms with Crippen LogP contribution in [0.5, 0.6) is 0 Å². The molecule has 0 amide bonds. The highest BCUT2D eigenvalue weighted by Crippen LogP contribution is 2.49. The van der Waals surface area contributed by atoms with Gasteiger partial charge in [-0.15, -0.1) is 0 Å². The Morgan fingerprint density at radius 1 is 0.222 bits per heavy atom. The Morgan fingerprint density at radius 2 is 0.714 bits per heavy atom. The van der Waals surface area contributed by atoms with E-state index in [2.05, 4.69) is 266 Å². The maximum absolute atomic E-state index is 2.44. The molecular weight excluding hydrogens is 759 g/mol. The number of fused-ring (bicyclic) bond motifs is 2. The van der Waals surface area contributed by atoms with Gasteiger partial charge in [0.1, 0.15) is 0 Å². The van der Waals surface area contributed by atoms with Crippen molar-refractivity contribution in [3.63, 3.8) is 0 Å². The largest absolute Gasteiger partial charge is 0.310 e. The minimum absolute atomic E-state index is 1.08. The van der Waals surface area contributed by atoms with Gasteiger partial charge in [0.25, 0.3) is 0 Å². The number of rotatable bonds is 9. The lowest BCUT2D eigenvalue weighted by molar-refractivity contribution is 1.28. The fourth-order valence-corrected chi connectivity index (χ4v) is 9.28. The Balaban J connectivity index is 1.13. The van der Waals surface area contributed by atoms with E-state index in [1.54, 1.807) is 0 Å². The number of nitrogens with zero attached hydrogens (tertiary/aromatic N) is 1. The van der Waals surface area contributed by atoms with Crippen molar-refractivity contribution in [2.75, 3.05) is 4.90 Å². The van der Waals surface area contributed by atoms with Crippen molar-refractivity contribution < 1.29 is 0 Å². The SMILES string of the molecule is c1ccc(-c2ccccc2-c2c(-c3ccccc3)cccc2-c2ccccc2N(c2ccc(-c3cccc4ccccc34)cc2)c2cccc(-c3ccc4ccccc4c3)c2)cc1. The minimum atomic E-state index is 1.08. The lowest BCUT2D eigenvalue weighted by Crippen LogP contribution is -2.11. The monoisotopic (exact) mass is 801 g/mol. The maximum Gasteiger partial charge on any atom is 0.0540 e. The molecule has 0 aromatic heterocycles. The van der Waals surface area contributed by atoms with Crippen molar-refractivity contribution in [1.82, 2.24) is 0 Å². The molecule has 296 valence electrons. The topological polar surface area (TPSA) is 3.24 Å². The smallest absolute Gasteiger partial charge is 0.0540 e. The molecule has 0 atom stereocenters. The molecule has 63 heavy (non-hydrogen) atoms. The highest BCUT2D eigenvalue weighted by atomic mass is 15.1. The molecule has 1 heteroatoms. The first-order valence-corrected chi connectivity index (χ1v) is 21.7. The lowest BCUT2D eigenvalue weighted by Gasteiger charge is -2.29. The fraction of sp³-hybridized carbons (Fsp3) is 0. The van der Waals surface area contributed by atoms with E-state index in [0.29, 0.717) is 0 Å². The Labute approximate surface area is 369 Å². The standard InChI is InChI=1S/C62H43N/c1-3-19-45(20-4-1)56-29-11-12-31-59(56)62-57(47-21-5-2-6-22-47)33-17-34-60(62)58-30-13-14-35-61(58)63(52-40-38-48(39-41-52)55-32-16-25-46-23-9-10-28-54(46)55)53-27-15-26-50(43-53)51-37-36-44-18-7-8-24-49(44)42-51/h1-43H. The van der Waals surface area contributed by atoms with Crippen molar-refractivity contribution in [1.29, 1.82) is 0 Å². The molecule has 0 radical (unpaired) electrons. The number of para-hydroxylation sites is 1. The van der Waals surface area contributed by atoms with Gasteiger partial charge in [-0.2, -0.15) is 0 Å². The van der Waals surface area contributed by atoms with Crippen LogP contribution in [-0.4, -0.2) is 0 Å². The molecule has 0 spiro atoms. The van der Waals surface area contributed by atoms with E-state index in [1.807, 2.05) is 0 Å². The summed E-state index contributed by atoms with van der Waals surface area (Å²) in [5, 5.41) is 4.96. The summed E-state index contributed by atoms with van der Waals surface area (Å²) < 4.78 is 0. The van der Waals surface area contributed by atoms with Crippen molar-refractivity contribution in [3.8, 4) is 66.8 Å². The summed E-state index contributed by atoms with van der Waals surface area (Å²) in [6.07, 6.45) is 0. The van der Waals surface area contributed by atoms with Crippen molar-refractivity contribution >= 4 is 38.6 Å². The van der Waals surface area contributed by atoms with Gasteiger partial charge in [0, 0.05) is 16.9 Å². The summed E-state index contributed by atoms with van der Waals surface area (Å²) in [4.78, 5) is 2.44. The Bertz CT molecular complexity index is 3380. The summed E-state index contributed by atoms with van der Waals surface area (Å²) in [5.74, 6) is 0. The van der Waals surface area contributed by atoms with Crippen LogP contribution in [0.2, 0.25) is 0 Å². The van der Waals surface area contributed by atoms with Crippen LogP contribution in [0.25, 0.3) is 88.3 Å².